The van der Waals surface area contributed by atoms with E-state index in [1.54, 1.807) is 20.2 Å². The fourth-order valence-electron chi connectivity index (χ4n) is 2.80. The summed E-state index contributed by atoms with van der Waals surface area (Å²) in [5.74, 6) is 1.03. The first-order chi connectivity index (χ1) is 13.5. The van der Waals surface area contributed by atoms with Gasteiger partial charge in [0.25, 0.3) is 0 Å². The lowest BCUT2D eigenvalue weighted by atomic mass is 10.2. The zero-order valence-corrected chi connectivity index (χ0v) is 16.8. The van der Waals surface area contributed by atoms with Crippen LogP contribution in [0.15, 0.2) is 36.9 Å². The maximum Gasteiger partial charge on any atom is 0.335 e. The minimum atomic E-state index is -3.15. The van der Waals surface area contributed by atoms with E-state index < -0.39 is 7.60 Å². The fraction of sp³-hybridized carbons (Fsp3) is 0.389. The van der Waals surface area contributed by atoms with E-state index >= 15 is 0 Å². The summed E-state index contributed by atoms with van der Waals surface area (Å²) >= 11 is 0. The van der Waals surface area contributed by atoms with Gasteiger partial charge in [0.2, 0.25) is 0 Å². The molecule has 10 heteroatoms. The lowest BCUT2D eigenvalue weighted by molar-refractivity contribution is 0.219. The maximum atomic E-state index is 12.7. The molecule has 2 N–H and O–H groups in total. The van der Waals surface area contributed by atoms with Gasteiger partial charge in [-0.2, -0.15) is 0 Å². The summed E-state index contributed by atoms with van der Waals surface area (Å²) in [6.07, 6.45) is 3.28. The van der Waals surface area contributed by atoms with Gasteiger partial charge in [0.1, 0.15) is 24.2 Å². The first kappa shape index (κ1) is 20.3. The number of anilines is 1. The number of benzene rings is 1. The van der Waals surface area contributed by atoms with Crippen molar-refractivity contribution in [1.82, 2.24) is 19.5 Å². The lowest BCUT2D eigenvalue weighted by Crippen LogP contribution is -2.08. The molecule has 0 bridgehead atoms. The second kappa shape index (κ2) is 9.14. The second-order valence-electron chi connectivity index (χ2n) is 5.97. The van der Waals surface area contributed by atoms with Crippen molar-refractivity contribution in [1.29, 1.82) is 0 Å². The Labute approximate surface area is 163 Å². The molecule has 0 spiro atoms. The van der Waals surface area contributed by atoms with E-state index in [0.717, 1.165) is 5.56 Å². The highest BCUT2D eigenvalue weighted by atomic mass is 31.2. The molecule has 28 heavy (non-hydrogen) atoms. The number of fused-ring (bicyclic) bond motifs is 1. The van der Waals surface area contributed by atoms with Gasteiger partial charge in [-0.1, -0.05) is 12.1 Å². The minimum absolute atomic E-state index is 0.203. The molecule has 2 aromatic heterocycles. The van der Waals surface area contributed by atoms with Crippen molar-refractivity contribution in [3.05, 3.63) is 42.5 Å². The third kappa shape index (κ3) is 4.86. The van der Waals surface area contributed by atoms with Crippen LogP contribution in [0, 0.1) is 0 Å². The van der Waals surface area contributed by atoms with Gasteiger partial charge >= 0.3 is 7.60 Å². The summed E-state index contributed by atoms with van der Waals surface area (Å²) < 4.78 is 31.1. The summed E-state index contributed by atoms with van der Waals surface area (Å²) in [7, 11) is -3.15. The number of aromatic nitrogens is 4. The molecule has 3 rings (SSSR count). The first-order valence-corrected chi connectivity index (χ1v) is 10.8. The van der Waals surface area contributed by atoms with Crippen molar-refractivity contribution < 1.29 is 18.3 Å². The van der Waals surface area contributed by atoms with Gasteiger partial charge in [-0.15, -0.1) is 0 Å². The summed E-state index contributed by atoms with van der Waals surface area (Å²) in [6.45, 7) is 5.22. The third-order valence-electron chi connectivity index (χ3n) is 3.96. The minimum Gasteiger partial charge on any atom is -0.492 e. The number of rotatable bonds is 10. The quantitative estimate of drug-likeness (QED) is 0.511. The predicted molar refractivity (Wildman–Crippen MR) is 106 cm³/mol. The summed E-state index contributed by atoms with van der Waals surface area (Å²) in [6, 6.07) is 7.42. The molecule has 0 atom stereocenters. The average Bonchev–Trinajstić information content (AvgIpc) is 3.07. The van der Waals surface area contributed by atoms with Gasteiger partial charge in [-0.3, -0.25) is 4.57 Å². The van der Waals surface area contributed by atoms with Crippen molar-refractivity contribution in [2.24, 2.45) is 0 Å². The number of hydrogen-bond donors (Lipinski definition) is 1. The molecule has 9 nitrogen and oxygen atoms in total. The number of nitrogens with two attached hydrogens (primary N) is 1. The van der Waals surface area contributed by atoms with E-state index in [1.165, 1.54) is 6.33 Å². The second-order valence-corrected chi connectivity index (χ2v) is 8.02. The van der Waals surface area contributed by atoms with E-state index in [9.17, 15) is 4.57 Å². The molecule has 0 fully saturated rings. The topological polar surface area (TPSA) is 114 Å². The van der Waals surface area contributed by atoms with Crippen molar-refractivity contribution in [3.63, 3.8) is 0 Å². The number of ether oxygens (including phenoxy) is 1. The van der Waals surface area contributed by atoms with Crippen LogP contribution >= 0.6 is 7.60 Å². The lowest BCUT2D eigenvalue weighted by Gasteiger charge is -2.17. The molecular weight excluding hydrogens is 381 g/mol. The molecule has 0 unspecified atom stereocenters. The predicted octanol–water partition coefficient (Wildman–Crippen LogP) is 3.25. The highest BCUT2D eigenvalue weighted by Crippen LogP contribution is 2.51. The molecule has 0 amide bonds. The summed E-state index contributed by atoms with van der Waals surface area (Å²) in [5.41, 5.74) is 7.87. The SMILES string of the molecule is CCOP(=O)(Cc1cccc(OCCn2cnc3c(N)ncnc32)c1)OCC. The normalized spacial score (nSPS) is 11.8. The smallest absolute Gasteiger partial charge is 0.335 e. The molecule has 0 saturated heterocycles. The largest absolute Gasteiger partial charge is 0.492 e. The Bertz CT molecular complexity index is 968. The van der Waals surface area contributed by atoms with Crippen LogP contribution in [0.3, 0.4) is 0 Å². The van der Waals surface area contributed by atoms with Crippen molar-refractivity contribution in [2.45, 2.75) is 26.6 Å². The molecule has 0 aliphatic carbocycles. The number of hydrogen-bond acceptors (Lipinski definition) is 8. The van der Waals surface area contributed by atoms with E-state index in [0.29, 0.717) is 49.1 Å². The highest BCUT2D eigenvalue weighted by molar-refractivity contribution is 7.53. The third-order valence-corrected chi connectivity index (χ3v) is 6.01. The van der Waals surface area contributed by atoms with E-state index in [-0.39, 0.29) is 6.16 Å². The van der Waals surface area contributed by atoms with Crippen molar-refractivity contribution in [3.8, 4) is 5.75 Å². The molecule has 2 heterocycles. The van der Waals surface area contributed by atoms with Crippen LogP contribution in [0.4, 0.5) is 5.82 Å². The van der Waals surface area contributed by atoms with E-state index in [4.69, 9.17) is 19.5 Å². The molecule has 0 aliphatic rings. The molecule has 150 valence electrons. The van der Waals surface area contributed by atoms with Gasteiger partial charge < -0.3 is 24.1 Å². The van der Waals surface area contributed by atoms with Crippen LogP contribution in [0.2, 0.25) is 0 Å². The Hall–Kier alpha value is -2.48. The van der Waals surface area contributed by atoms with Gasteiger partial charge in [0.05, 0.1) is 32.2 Å². The Kier molecular flexibility index (Phi) is 6.61. The monoisotopic (exact) mass is 405 g/mol. The van der Waals surface area contributed by atoms with Gasteiger partial charge in [-0.25, -0.2) is 15.0 Å². The fourth-order valence-corrected chi connectivity index (χ4v) is 4.49. The van der Waals surface area contributed by atoms with Crippen LogP contribution < -0.4 is 10.5 Å². The van der Waals surface area contributed by atoms with Crippen LogP contribution in [0.1, 0.15) is 19.4 Å². The van der Waals surface area contributed by atoms with E-state index in [2.05, 4.69) is 15.0 Å². The van der Waals surface area contributed by atoms with Gasteiger partial charge in [0.15, 0.2) is 11.5 Å². The molecule has 0 radical (unpaired) electrons. The maximum absolute atomic E-state index is 12.7. The van der Waals surface area contributed by atoms with Crippen LogP contribution in [-0.2, 0) is 26.3 Å². The molecule has 0 saturated carbocycles. The Morgan fingerprint density at radius 3 is 2.68 bits per heavy atom. The average molecular weight is 405 g/mol. The zero-order chi connectivity index (χ0) is 20.0. The Morgan fingerprint density at radius 1 is 1.14 bits per heavy atom. The standard InChI is InChI=1S/C18H24N5O4P/c1-3-26-28(24,27-4-2)11-14-6-5-7-15(10-14)25-9-8-23-13-22-16-17(19)20-12-21-18(16)23/h5-7,10,12-13H,3-4,8-9,11H2,1-2H3,(H2,19,20,21). The van der Waals surface area contributed by atoms with Crippen molar-refractivity contribution in [2.75, 3.05) is 25.6 Å². The number of imidazole rings is 1. The van der Waals surface area contributed by atoms with Crippen LogP contribution in [0.25, 0.3) is 11.2 Å². The molecule has 3 aromatic rings. The van der Waals surface area contributed by atoms with Gasteiger partial charge in [0, 0.05) is 0 Å². The van der Waals surface area contributed by atoms with Crippen molar-refractivity contribution >= 4 is 24.6 Å². The highest BCUT2D eigenvalue weighted by Gasteiger charge is 2.24. The summed E-state index contributed by atoms with van der Waals surface area (Å²) in [5, 5.41) is 0. The van der Waals surface area contributed by atoms with Crippen LogP contribution in [0.5, 0.6) is 5.75 Å². The van der Waals surface area contributed by atoms with Gasteiger partial charge in [-0.05, 0) is 31.5 Å². The first-order valence-electron chi connectivity index (χ1n) is 9.06. The Morgan fingerprint density at radius 2 is 1.93 bits per heavy atom. The molecule has 0 aliphatic heterocycles. The molecular formula is C18H24N5O4P. The molecule has 1 aromatic carbocycles. The number of nitrogen functional groups attached to an aromatic ring is 1. The summed E-state index contributed by atoms with van der Waals surface area (Å²) in [4.78, 5) is 12.4. The Balaban J connectivity index is 1.63. The number of nitrogens with zero attached hydrogens (tertiary/aromatic N) is 4. The van der Waals surface area contributed by atoms with E-state index in [1.807, 2.05) is 28.8 Å². The zero-order valence-electron chi connectivity index (χ0n) is 15.9. The van der Waals surface area contributed by atoms with Crippen LogP contribution in [-0.4, -0.2) is 39.3 Å².